The highest BCUT2D eigenvalue weighted by Gasteiger charge is 2.22. The smallest absolute Gasteiger partial charge is 0.0635 e. The second kappa shape index (κ2) is 4.62. The number of pyridine rings is 1. The quantitative estimate of drug-likeness (QED) is 0.800. The lowest BCUT2D eigenvalue weighted by molar-refractivity contribution is 0.240. The molecule has 0 aromatic carbocycles. The Balaban J connectivity index is 2.24. The van der Waals surface area contributed by atoms with E-state index in [-0.39, 0.29) is 6.61 Å². The van der Waals surface area contributed by atoms with Crippen LogP contribution < -0.4 is 4.90 Å². The van der Waals surface area contributed by atoms with Crippen molar-refractivity contribution in [2.75, 3.05) is 18.1 Å². The van der Waals surface area contributed by atoms with Crippen LogP contribution in [-0.4, -0.2) is 29.3 Å². The van der Waals surface area contributed by atoms with Crippen LogP contribution in [0.1, 0.15) is 24.8 Å². The van der Waals surface area contributed by atoms with Crippen LogP contribution in [0.3, 0.4) is 0 Å². The van der Waals surface area contributed by atoms with Crippen molar-refractivity contribution in [1.29, 1.82) is 0 Å². The van der Waals surface area contributed by atoms with Gasteiger partial charge in [0, 0.05) is 24.6 Å². The van der Waals surface area contributed by atoms with Crippen LogP contribution >= 0.6 is 0 Å². The predicted molar refractivity (Wildman–Crippen MR) is 61.0 cm³/mol. The first-order chi connectivity index (χ1) is 7.33. The second-order valence-electron chi connectivity index (χ2n) is 4.19. The number of hydrogen-bond acceptors (Lipinski definition) is 3. The van der Waals surface area contributed by atoms with Gasteiger partial charge in [-0.3, -0.25) is 4.98 Å². The lowest BCUT2D eigenvalue weighted by Gasteiger charge is -2.37. The Hall–Kier alpha value is -1.09. The van der Waals surface area contributed by atoms with Gasteiger partial charge in [-0.1, -0.05) is 0 Å². The Labute approximate surface area is 90.8 Å². The van der Waals surface area contributed by atoms with E-state index >= 15 is 0 Å². The van der Waals surface area contributed by atoms with Gasteiger partial charge in [-0.15, -0.1) is 0 Å². The molecule has 82 valence electrons. The van der Waals surface area contributed by atoms with Crippen molar-refractivity contribution in [2.45, 2.75) is 32.2 Å². The van der Waals surface area contributed by atoms with Gasteiger partial charge in [0.25, 0.3) is 0 Å². The number of anilines is 1. The minimum absolute atomic E-state index is 0.252. The second-order valence-corrected chi connectivity index (χ2v) is 4.19. The molecular formula is C12H18N2O. The van der Waals surface area contributed by atoms with Crippen LogP contribution in [0.5, 0.6) is 0 Å². The van der Waals surface area contributed by atoms with E-state index < -0.39 is 0 Å². The van der Waals surface area contributed by atoms with Crippen LogP contribution in [-0.2, 0) is 0 Å². The average molecular weight is 206 g/mol. The van der Waals surface area contributed by atoms with Crippen molar-refractivity contribution in [2.24, 2.45) is 0 Å². The van der Waals surface area contributed by atoms with Crippen LogP contribution in [0, 0.1) is 6.92 Å². The van der Waals surface area contributed by atoms with Gasteiger partial charge >= 0.3 is 0 Å². The maximum Gasteiger partial charge on any atom is 0.0635 e. The topological polar surface area (TPSA) is 36.4 Å². The van der Waals surface area contributed by atoms with Gasteiger partial charge in [0.2, 0.25) is 0 Å². The van der Waals surface area contributed by atoms with E-state index in [0.29, 0.717) is 6.04 Å². The maximum absolute atomic E-state index is 9.36. The molecule has 1 aliphatic heterocycles. The SMILES string of the molecule is Cc1cnccc1N1CCCCC1CO. The molecule has 0 saturated carbocycles. The largest absolute Gasteiger partial charge is 0.394 e. The van der Waals surface area contributed by atoms with Crippen LogP contribution in [0.4, 0.5) is 5.69 Å². The molecule has 2 heterocycles. The first-order valence-corrected chi connectivity index (χ1v) is 5.61. The fraction of sp³-hybridized carbons (Fsp3) is 0.583. The highest BCUT2D eigenvalue weighted by Crippen LogP contribution is 2.26. The third-order valence-corrected chi connectivity index (χ3v) is 3.14. The predicted octanol–water partition coefficient (Wildman–Crippen LogP) is 1.74. The van der Waals surface area contributed by atoms with Crippen molar-refractivity contribution in [3.05, 3.63) is 24.0 Å². The number of aliphatic hydroxyl groups excluding tert-OH is 1. The maximum atomic E-state index is 9.36. The van der Waals surface area contributed by atoms with Gasteiger partial charge in [0.1, 0.15) is 0 Å². The molecule has 0 amide bonds. The summed E-state index contributed by atoms with van der Waals surface area (Å²) in [6.45, 7) is 3.38. The van der Waals surface area contributed by atoms with Crippen LogP contribution in [0.2, 0.25) is 0 Å². The van der Waals surface area contributed by atoms with E-state index in [1.807, 2.05) is 18.5 Å². The first kappa shape index (κ1) is 10.4. The van der Waals surface area contributed by atoms with Crippen molar-refractivity contribution in [3.8, 4) is 0 Å². The molecular weight excluding hydrogens is 188 g/mol. The van der Waals surface area contributed by atoms with Gasteiger partial charge in [0.05, 0.1) is 12.6 Å². The number of nitrogens with zero attached hydrogens (tertiary/aromatic N) is 2. The molecule has 1 saturated heterocycles. The molecule has 0 aliphatic carbocycles. The summed E-state index contributed by atoms with van der Waals surface area (Å²) in [4.78, 5) is 6.42. The third-order valence-electron chi connectivity index (χ3n) is 3.14. The number of rotatable bonds is 2. The highest BCUT2D eigenvalue weighted by molar-refractivity contribution is 5.52. The summed E-state index contributed by atoms with van der Waals surface area (Å²) in [5.41, 5.74) is 2.42. The number of aryl methyl sites for hydroxylation is 1. The zero-order valence-electron chi connectivity index (χ0n) is 9.19. The third kappa shape index (κ3) is 2.12. The Morgan fingerprint density at radius 3 is 3.13 bits per heavy atom. The molecule has 1 N–H and O–H groups in total. The fourth-order valence-electron chi connectivity index (χ4n) is 2.30. The monoisotopic (exact) mass is 206 g/mol. The Morgan fingerprint density at radius 1 is 1.53 bits per heavy atom. The minimum Gasteiger partial charge on any atom is -0.394 e. The highest BCUT2D eigenvalue weighted by atomic mass is 16.3. The summed E-state index contributed by atoms with van der Waals surface area (Å²) in [6.07, 6.45) is 7.26. The number of aliphatic hydroxyl groups is 1. The summed E-state index contributed by atoms with van der Waals surface area (Å²) in [6, 6.07) is 2.34. The summed E-state index contributed by atoms with van der Waals surface area (Å²) in [5.74, 6) is 0. The van der Waals surface area contributed by atoms with E-state index in [1.165, 1.54) is 24.1 Å². The van der Waals surface area contributed by atoms with Crippen molar-refractivity contribution < 1.29 is 5.11 Å². The molecule has 3 heteroatoms. The summed E-state index contributed by atoms with van der Waals surface area (Å²) in [7, 11) is 0. The van der Waals surface area contributed by atoms with E-state index in [0.717, 1.165) is 13.0 Å². The summed E-state index contributed by atoms with van der Waals surface area (Å²) >= 11 is 0. The van der Waals surface area contributed by atoms with Crippen molar-refractivity contribution in [3.63, 3.8) is 0 Å². The number of aromatic nitrogens is 1. The van der Waals surface area contributed by atoms with E-state index in [4.69, 9.17) is 0 Å². The molecule has 0 spiro atoms. The molecule has 2 rings (SSSR count). The van der Waals surface area contributed by atoms with E-state index in [1.54, 1.807) is 0 Å². The van der Waals surface area contributed by atoms with Gasteiger partial charge in [0.15, 0.2) is 0 Å². The van der Waals surface area contributed by atoms with Gasteiger partial charge in [-0.25, -0.2) is 0 Å². The van der Waals surface area contributed by atoms with E-state index in [2.05, 4.69) is 16.8 Å². The van der Waals surface area contributed by atoms with Crippen LogP contribution in [0.15, 0.2) is 18.5 Å². The fourth-order valence-corrected chi connectivity index (χ4v) is 2.30. The molecule has 15 heavy (non-hydrogen) atoms. The molecule has 1 unspecified atom stereocenters. The zero-order chi connectivity index (χ0) is 10.7. The minimum atomic E-state index is 0.252. The number of hydrogen-bond donors (Lipinski definition) is 1. The molecule has 1 aromatic heterocycles. The zero-order valence-corrected chi connectivity index (χ0v) is 9.19. The summed E-state index contributed by atoms with van der Waals surface area (Å²) < 4.78 is 0. The molecule has 1 aromatic rings. The van der Waals surface area contributed by atoms with Gasteiger partial charge < -0.3 is 10.0 Å². The first-order valence-electron chi connectivity index (χ1n) is 5.61. The molecule has 1 fully saturated rings. The lowest BCUT2D eigenvalue weighted by Crippen LogP contribution is -2.42. The average Bonchev–Trinajstić information content (AvgIpc) is 2.30. The van der Waals surface area contributed by atoms with Gasteiger partial charge in [-0.05, 0) is 37.8 Å². The Morgan fingerprint density at radius 2 is 2.40 bits per heavy atom. The molecule has 1 aliphatic rings. The van der Waals surface area contributed by atoms with Crippen LogP contribution in [0.25, 0.3) is 0 Å². The van der Waals surface area contributed by atoms with Crippen molar-refractivity contribution in [1.82, 2.24) is 4.98 Å². The van der Waals surface area contributed by atoms with E-state index in [9.17, 15) is 5.11 Å². The summed E-state index contributed by atoms with van der Waals surface area (Å²) in [5, 5.41) is 9.36. The lowest BCUT2D eigenvalue weighted by atomic mass is 10.0. The Kier molecular flexibility index (Phi) is 3.21. The standard InChI is InChI=1S/C12H18N2O/c1-10-8-13-6-5-12(10)14-7-3-2-4-11(14)9-15/h5-6,8,11,15H,2-4,7,9H2,1H3. The Bertz CT molecular complexity index is 327. The molecule has 1 atom stereocenters. The normalized spacial score (nSPS) is 21.7. The number of piperidine rings is 1. The van der Waals surface area contributed by atoms with Crippen molar-refractivity contribution >= 4 is 5.69 Å². The van der Waals surface area contributed by atoms with Gasteiger partial charge in [-0.2, -0.15) is 0 Å². The molecule has 3 nitrogen and oxygen atoms in total. The molecule has 0 radical (unpaired) electrons. The molecule has 0 bridgehead atoms.